The number of carbonyl (C=O) groups is 2. The molecule has 0 bridgehead atoms. The molecule has 3 N–H and O–H groups in total. The van der Waals surface area contributed by atoms with Crippen LogP contribution in [0.2, 0.25) is 0 Å². The van der Waals surface area contributed by atoms with Gasteiger partial charge in [0.1, 0.15) is 19.0 Å². The maximum absolute atomic E-state index is 12.6. The molecular formula is C32H41N3O4. The van der Waals surface area contributed by atoms with Gasteiger partial charge < -0.3 is 20.5 Å². The van der Waals surface area contributed by atoms with Gasteiger partial charge in [-0.05, 0) is 77.1 Å². The highest BCUT2D eigenvalue weighted by atomic mass is 16.5. The number of rotatable bonds is 9. The third-order valence-corrected chi connectivity index (χ3v) is 6.23. The van der Waals surface area contributed by atoms with Gasteiger partial charge in [0.05, 0.1) is 5.56 Å². The molecule has 0 spiro atoms. The van der Waals surface area contributed by atoms with E-state index < -0.39 is 17.5 Å². The highest BCUT2D eigenvalue weighted by Crippen LogP contribution is 2.34. The Labute approximate surface area is 232 Å². The molecule has 2 aromatic carbocycles. The molecule has 0 saturated heterocycles. The van der Waals surface area contributed by atoms with Crippen LogP contribution in [0, 0.1) is 26.7 Å². The lowest BCUT2D eigenvalue weighted by atomic mass is 9.90. The van der Waals surface area contributed by atoms with Gasteiger partial charge in [-0.25, -0.2) is 4.79 Å². The topological polar surface area (TPSA) is 104 Å². The van der Waals surface area contributed by atoms with Crippen molar-refractivity contribution in [2.45, 2.75) is 80.6 Å². The minimum atomic E-state index is -0.548. The molecule has 0 radical (unpaired) electrons. The van der Waals surface area contributed by atoms with Crippen molar-refractivity contribution in [2.24, 2.45) is 11.7 Å². The van der Waals surface area contributed by atoms with Gasteiger partial charge in [0.15, 0.2) is 0 Å². The number of hydrogen-bond acceptors (Lipinski definition) is 5. The van der Waals surface area contributed by atoms with Crippen molar-refractivity contribution in [3.63, 3.8) is 0 Å². The molecule has 39 heavy (non-hydrogen) atoms. The van der Waals surface area contributed by atoms with E-state index in [1.54, 1.807) is 12.1 Å². The standard InChI is InChI=1S/C32H41N3O4/c1-19(2)15-27-26(18-39-31(37)35-32(6,7)8)29(23-12-9-20(3)10-13-23)25(22(5)34-27)17-38-28-14-11-21(4)16-24(28)30(33)36/h9-14,16,19H,15,17-18H2,1-8H3,(H2,33,36)(H,35,37). The van der Waals surface area contributed by atoms with Gasteiger partial charge in [0, 0.05) is 28.1 Å². The molecule has 3 rings (SSSR count). The number of carbonyl (C=O) groups excluding carboxylic acids is 2. The minimum Gasteiger partial charge on any atom is -0.488 e. The number of benzene rings is 2. The average molecular weight is 532 g/mol. The largest absolute Gasteiger partial charge is 0.488 e. The molecular weight excluding hydrogens is 490 g/mol. The Morgan fingerprint density at radius 1 is 0.949 bits per heavy atom. The number of alkyl carbamates (subject to hydrolysis) is 1. The maximum Gasteiger partial charge on any atom is 0.407 e. The molecule has 7 nitrogen and oxygen atoms in total. The smallest absolute Gasteiger partial charge is 0.407 e. The Hall–Kier alpha value is -3.87. The number of nitrogens with zero attached hydrogens (tertiary/aromatic N) is 1. The summed E-state index contributed by atoms with van der Waals surface area (Å²) in [7, 11) is 0. The number of aryl methyl sites for hydroxylation is 3. The van der Waals surface area contributed by atoms with E-state index in [1.165, 1.54) is 0 Å². The van der Waals surface area contributed by atoms with E-state index in [0.29, 0.717) is 17.2 Å². The Balaban J connectivity index is 2.14. The molecule has 0 atom stereocenters. The molecule has 208 valence electrons. The second-order valence-corrected chi connectivity index (χ2v) is 11.5. The first-order valence-electron chi connectivity index (χ1n) is 13.3. The number of nitrogens with two attached hydrogens (primary N) is 1. The van der Waals surface area contributed by atoms with Crippen LogP contribution < -0.4 is 15.8 Å². The number of pyridine rings is 1. The van der Waals surface area contributed by atoms with E-state index in [-0.39, 0.29) is 13.2 Å². The van der Waals surface area contributed by atoms with Gasteiger partial charge in [0.25, 0.3) is 5.91 Å². The fraction of sp³-hybridized carbons (Fsp3) is 0.406. The average Bonchev–Trinajstić information content (AvgIpc) is 2.82. The first kappa shape index (κ1) is 29.7. The van der Waals surface area contributed by atoms with Crippen LogP contribution in [0.25, 0.3) is 11.1 Å². The van der Waals surface area contributed by atoms with Crippen LogP contribution in [0.5, 0.6) is 5.75 Å². The summed E-state index contributed by atoms with van der Waals surface area (Å²) in [6.45, 7) is 16.1. The number of ether oxygens (including phenoxy) is 2. The zero-order valence-electron chi connectivity index (χ0n) is 24.4. The predicted octanol–water partition coefficient (Wildman–Crippen LogP) is 6.57. The summed E-state index contributed by atoms with van der Waals surface area (Å²) in [4.78, 5) is 29.7. The zero-order valence-corrected chi connectivity index (χ0v) is 24.4. The lowest BCUT2D eigenvalue weighted by Crippen LogP contribution is -2.40. The van der Waals surface area contributed by atoms with Crippen molar-refractivity contribution < 1.29 is 19.1 Å². The molecule has 0 aliphatic carbocycles. The molecule has 7 heteroatoms. The van der Waals surface area contributed by atoms with E-state index in [9.17, 15) is 9.59 Å². The van der Waals surface area contributed by atoms with Crippen molar-refractivity contribution in [1.29, 1.82) is 0 Å². The van der Waals surface area contributed by atoms with Gasteiger partial charge in [-0.1, -0.05) is 55.3 Å². The zero-order chi connectivity index (χ0) is 28.9. The molecule has 0 aliphatic rings. The molecule has 2 amide bonds. The summed E-state index contributed by atoms with van der Waals surface area (Å²) >= 11 is 0. The Morgan fingerprint density at radius 3 is 2.18 bits per heavy atom. The Morgan fingerprint density at radius 2 is 1.59 bits per heavy atom. The van der Waals surface area contributed by atoms with Crippen LogP contribution in [-0.4, -0.2) is 22.5 Å². The molecule has 0 unspecified atom stereocenters. The first-order valence-corrected chi connectivity index (χ1v) is 13.3. The van der Waals surface area contributed by atoms with Crippen LogP contribution in [0.4, 0.5) is 4.79 Å². The lowest BCUT2D eigenvalue weighted by molar-refractivity contribution is 0.0995. The van der Waals surface area contributed by atoms with E-state index in [2.05, 4.69) is 43.4 Å². The van der Waals surface area contributed by atoms with Gasteiger partial charge >= 0.3 is 6.09 Å². The fourth-order valence-electron chi connectivity index (χ4n) is 4.39. The van der Waals surface area contributed by atoms with Crippen molar-refractivity contribution in [3.8, 4) is 16.9 Å². The first-order chi connectivity index (χ1) is 18.2. The van der Waals surface area contributed by atoms with Crippen molar-refractivity contribution in [2.75, 3.05) is 0 Å². The highest BCUT2D eigenvalue weighted by Gasteiger charge is 2.23. The minimum absolute atomic E-state index is 0.0600. The monoisotopic (exact) mass is 531 g/mol. The van der Waals surface area contributed by atoms with Crippen LogP contribution >= 0.6 is 0 Å². The molecule has 0 aliphatic heterocycles. The van der Waals surface area contributed by atoms with Crippen molar-refractivity contribution in [3.05, 3.63) is 81.7 Å². The highest BCUT2D eigenvalue weighted by molar-refractivity contribution is 5.95. The Kier molecular flexibility index (Phi) is 9.38. The van der Waals surface area contributed by atoms with Gasteiger partial charge in [-0.2, -0.15) is 0 Å². The third-order valence-electron chi connectivity index (χ3n) is 6.23. The summed E-state index contributed by atoms with van der Waals surface area (Å²) in [5.41, 5.74) is 12.9. The lowest BCUT2D eigenvalue weighted by Gasteiger charge is -2.24. The summed E-state index contributed by atoms with van der Waals surface area (Å²) < 4.78 is 12.0. The number of primary amides is 1. The maximum atomic E-state index is 12.6. The van der Waals surface area contributed by atoms with Crippen molar-refractivity contribution >= 4 is 12.0 Å². The van der Waals surface area contributed by atoms with Crippen LogP contribution in [-0.2, 0) is 24.4 Å². The van der Waals surface area contributed by atoms with Gasteiger partial charge in [-0.15, -0.1) is 0 Å². The normalized spacial score (nSPS) is 11.4. The quantitative estimate of drug-likeness (QED) is 0.325. The Bertz CT molecular complexity index is 1340. The van der Waals surface area contributed by atoms with Crippen LogP contribution in [0.3, 0.4) is 0 Å². The van der Waals surface area contributed by atoms with Gasteiger partial charge in [0.2, 0.25) is 0 Å². The summed E-state index contributed by atoms with van der Waals surface area (Å²) in [6, 6.07) is 13.6. The third kappa shape index (κ3) is 8.06. The van der Waals surface area contributed by atoms with Crippen molar-refractivity contribution in [1.82, 2.24) is 10.3 Å². The number of hydrogen-bond donors (Lipinski definition) is 2. The molecule has 1 heterocycles. The molecule has 0 fully saturated rings. The number of aromatic nitrogens is 1. The van der Waals surface area contributed by atoms with Crippen LogP contribution in [0.1, 0.15) is 78.6 Å². The second-order valence-electron chi connectivity index (χ2n) is 11.5. The number of nitrogens with one attached hydrogen (secondary N) is 1. The molecule has 3 aromatic rings. The summed E-state index contributed by atoms with van der Waals surface area (Å²) in [5.74, 6) is 0.210. The predicted molar refractivity (Wildman–Crippen MR) is 155 cm³/mol. The molecule has 0 saturated carbocycles. The summed E-state index contributed by atoms with van der Waals surface area (Å²) in [5, 5.41) is 2.86. The van der Waals surface area contributed by atoms with E-state index >= 15 is 0 Å². The van der Waals surface area contributed by atoms with E-state index in [0.717, 1.165) is 51.2 Å². The van der Waals surface area contributed by atoms with E-state index in [1.807, 2.05) is 47.6 Å². The fourth-order valence-corrected chi connectivity index (χ4v) is 4.39. The SMILES string of the molecule is Cc1ccc(-c2c(COc3ccc(C)cc3C(N)=O)c(C)nc(CC(C)C)c2COC(=O)NC(C)(C)C)cc1. The second kappa shape index (κ2) is 12.3. The molecule has 1 aromatic heterocycles. The number of amides is 2. The van der Waals surface area contributed by atoms with E-state index in [4.69, 9.17) is 20.2 Å². The summed E-state index contributed by atoms with van der Waals surface area (Å²) in [6.07, 6.45) is 0.237. The van der Waals surface area contributed by atoms with Crippen LogP contribution in [0.15, 0.2) is 42.5 Å². The van der Waals surface area contributed by atoms with Gasteiger partial charge in [-0.3, -0.25) is 9.78 Å².